The fourth-order valence-electron chi connectivity index (χ4n) is 11.4. The highest BCUT2D eigenvalue weighted by molar-refractivity contribution is 6.00. The SMILES string of the molecule is COC(=O)[C@H]1NC(=O)[C@H]2NC(=O)[C@H](NC(=O)[C@@H]3NC(=O)[C@H]4NC(=O)[C@H](NC(=O)[C@H](Nc5c(OC)c(=O)c5=O)c5ccc(O)c(c5)Oc5cc4cc(O)c5C)[C@H](O)c4ccc(cc4)Oc4cc3cc(c4O)Oc3ccc(cc3)[C@H]2O)c2ccc(O)c(c2)-c2c(O)cc(O)cc21. The third-order valence-electron chi connectivity index (χ3n) is 16.4. The quantitative estimate of drug-likeness (QED) is 0.0887. The molecule has 0 aliphatic carbocycles. The number of aliphatic hydroxyl groups excluding tert-OH is 2. The Hall–Kier alpha value is -12.4. The number of phenols is 6. The third kappa shape index (κ3) is 11.2. The summed E-state index contributed by atoms with van der Waals surface area (Å²) in [5.74, 6) is -15.2. The van der Waals surface area contributed by atoms with Gasteiger partial charge in [-0.25, -0.2) is 4.79 Å². The number of hydrogen-bond acceptors (Lipinski definition) is 23. The lowest BCUT2D eigenvalue weighted by Gasteiger charge is -2.31. The number of amides is 6. The van der Waals surface area contributed by atoms with Gasteiger partial charge in [0.25, 0.3) is 10.9 Å². The first kappa shape index (κ1) is 61.9. The number of nitrogens with one attached hydrogen (secondary N) is 7. The molecule has 0 saturated heterocycles. The number of phenolic OH excluding ortho intramolecular Hbond substituents is 6. The Morgan fingerprint density at radius 3 is 1.56 bits per heavy atom. The summed E-state index contributed by atoms with van der Waals surface area (Å²) in [4.78, 5) is 131. The van der Waals surface area contributed by atoms with Gasteiger partial charge >= 0.3 is 5.97 Å². The summed E-state index contributed by atoms with van der Waals surface area (Å²) in [5.41, 5.74) is -4.93. The Kier molecular flexibility index (Phi) is 15.9. The number of methoxy groups -OCH3 is 2. The Balaban J connectivity index is 1.06. The zero-order valence-electron chi connectivity index (χ0n) is 49.0. The van der Waals surface area contributed by atoms with Gasteiger partial charge < -0.3 is 102 Å². The van der Waals surface area contributed by atoms with Crippen molar-refractivity contribution in [2.75, 3.05) is 19.5 Å². The molecule has 8 aromatic carbocycles. The lowest BCUT2D eigenvalue weighted by atomic mass is 9.89. The molecular formula is C65H53N7O22. The maximum Gasteiger partial charge on any atom is 0.333 e. The van der Waals surface area contributed by atoms with E-state index in [4.69, 9.17) is 23.7 Å². The summed E-state index contributed by atoms with van der Waals surface area (Å²) >= 11 is 0. The van der Waals surface area contributed by atoms with E-state index in [1.807, 2.05) is 0 Å². The molecule has 17 bridgehead atoms. The second-order valence-electron chi connectivity index (χ2n) is 22.2. The smallest absolute Gasteiger partial charge is 0.333 e. The zero-order valence-corrected chi connectivity index (χ0v) is 49.0. The van der Waals surface area contributed by atoms with E-state index in [2.05, 4.69) is 37.2 Å². The molecule has 94 heavy (non-hydrogen) atoms. The van der Waals surface area contributed by atoms with Crippen LogP contribution in [0.25, 0.3) is 11.1 Å². The van der Waals surface area contributed by atoms with Crippen molar-refractivity contribution in [3.05, 3.63) is 186 Å². The van der Waals surface area contributed by atoms with Crippen LogP contribution in [0.15, 0.2) is 131 Å². The van der Waals surface area contributed by atoms with Gasteiger partial charge in [-0.15, -0.1) is 0 Å². The van der Waals surface area contributed by atoms with Crippen LogP contribution in [0.2, 0.25) is 0 Å². The Bertz CT molecular complexity index is 4590. The van der Waals surface area contributed by atoms with Crippen molar-refractivity contribution in [3.63, 3.8) is 0 Å². The van der Waals surface area contributed by atoms with Crippen molar-refractivity contribution in [3.8, 4) is 85.9 Å². The number of carbonyl (C=O) groups excluding carboxylic acids is 7. The predicted molar refractivity (Wildman–Crippen MR) is 323 cm³/mol. The molecule has 0 spiro atoms. The van der Waals surface area contributed by atoms with Gasteiger partial charge in [0.1, 0.15) is 94.4 Å². The number of carbonyl (C=O) groups is 7. The monoisotopic (exact) mass is 1280 g/mol. The zero-order chi connectivity index (χ0) is 66.9. The Labute approximate surface area is 528 Å². The van der Waals surface area contributed by atoms with E-state index in [1.54, 1.807) is 0 Å². The highest BCUT2D eigenvalue weighted by atomic mass is 16.5. The number of fused-ring (bicyclic) bond motifs is 14. The third-order valence-corrected chi connectivity index (χ3v) is 16.4. The average Bonchev–Trinajstić information content (AvgIpc) is 0.792. The summed E-state index contributed by atoms with van der Waals surface area (Å²) in [6, 6.07) is 8.71. The molecule has 9 atom stereocenters. The molecule has 6 amide bonds. The van der Waals surface area contributed by atoms with Crippen LogP contribution in [0.3, 0.4) is 0 Å². The van der Waals surface area contributed by atoms with Crippen molar-refractivity contribution in [2.24, 2.45) is 0 Å². The van der Waals surface area contributed by atoms with Crippen LogP contribution >= 0.6 is 0 Å². The van der Waals surface area contributed by atoms with E-state index in [0.29, 0.717) is 0 Å². The highest BCUT2D eigenvalue weighted by Gasteiger charge is 2.43. The standard InChI is InChI=1S/C65H53N7O22/c1-24-38(76)17-29-19-40(24)94-41-18-28(9-15-37(41)75)45(66-50-56(81)57(82)58(50)90-2)59(83)71-51-53(78)25-4-10-32(11-5-25)92-42-20-30-21-43(55(42)80)93-33-12-6-26(7-13-33)54(79)52-64(88)70-49(65(89)91-3)35-22-31(73)23-39(77)44(35)34-16-27(8-14-36(34)74)46(60(84)72-52)67-62(86)48(30)68-61(85)47(29)69-63(51)87/h4-23,45-49,51-54,66,73-80H,1-3H3,(H,67,86)(H,68,85)(H,69,87)(H,70,88)(H,71,83)(H,72,84)/t45-,46-,47+,48-,49+,51-,52+,53-,54-/m1/s1. The van der Waals surface area contributed by atoms with Gasteiger partial charge in [0.2, 0.25) is 41.2 Å². The number of ether oxygens (including phenoxy) is 5. The summed E-state index contributed by atoms with van der Waals surface area (Å²) in [6.45, 7) is 1.38. The van der Waals surface area contributed by atoms with Gasteiger partial charge in [-0.3, -0.25) is 38.4 Å². The fourth-order valence-corrected chi connectivity index (χ4v) is 11.4. The van der Waals surface area contributed by atoms with Crippen LogP contribution in [0.1, 0.15) is 86.9 Å². The molecule has 8 aromatic rings. The number of aliphatic hydroxyl groups is 2. The van der Waals surface area contributed by atoms with E-state index in [-0.39, 0.29) is 67.3 Å². The van der Waals surface area contributed by atoms with Gasteiger partial charge in [0, 0.05) is 28.3 Å². The summed E-state index contributed by atoms with van der Waals surface area (Å²) < 4.78 is 28.8. The van der Waals surface area contributed by atoms with Crippen molar-refractivity contribution in [2.45, 2.75) is 61.4 Å². The van der Waals surface area contributed by atoms with Crippen molar-refractivity contribution in [1.82, 2.24) is 31.9 Å². The van der Waals surface area contributed by atoms with E-state index in [1.165, 1.54) is 61.5 Å². The van der Waals surface area contributed by atoms with Crippen LogP contribution in [-0.2, 0) is 38.3 Å². The maximum atomic E-state index is 15.8. The lowest BCUT2D eigenvalue weighted by molar-refractivity contribution is -0.146. The van der Waals surface area contributed by atoms with Crippen molar-refractivity contribution < 1.29 is 98.1 Å². The first-order valence-corrected chi connectivity index (χ1v) is 28.5. The van der Waals surface area contributed by atoms with E-state index in [9.17, 15) is 64.8 Å². The van der Waals surface area contributed by atoms with Crippen LogP contribution in [0.4, 0.5) is 5.69 Å². The largest absolute Gasteiger partial charge is 0.508 e. The van der Waals surface area contributed by atoms with Gasteiger partial charge in [-0.1, -0.05) is 36.4 Å². The molecule has 6 heterocycles. The minimum absolute atomic E-state index is 0.0333. The molecule has 0 fully saturated rings. The first-order chi connectivity index (χ1) is 44.9. The second kappa shape index (κ2) is 24.1. The van der Waals surface area contributed by atoms with Gasteiger partial charge in [0.15, 0.2) is 34.8 Å². The van der Waals surface area contributed by atoms with Crippen LogP contribution in [-0.4, -0.2) is 109 Å². The molecule has 6 aliphatic rings. The van der Waals surface area contributed by atoms with E-state index < -0.39 is 176 Å². The molecule has 480 valence electrons. The number of aromatic hydroxyl groups is 6. The molecule has 29 nitrogen and oxygen atoms in total. The molecule has 0 saturated carbocycles. The van der Waals surface area contributed by atoms with Crippen molar-refractivity contribution in [1.29, 1.82) is 0 Å². The summed E-state index contributed by atoms with van der Waals surface area (Å²) in [7, 11) is 2.06. The number of benzene rings is 7. The van der Waals surface area contributed by atoms with Crippen molar-refractivity contribution >= 4 is 47.1 Å². The molecule has 0 aromatic heterocycles. The summed E-state index contributed by atoms with van der Waals surface area (Å²) in [5, 5.41) is 111. The number of esters is 1. The maximum absolute atomic E-state index is 15.8. The molecule has 14 rings (SSSR count). The molecule has 0 radical (unpaired) electrons. The molecule has 29 heteroatoms. The van der Waals surface area contributed by atoms with Crippen LogP contribution < -0.4 is 67.0 Å². The van der Waals surface area contributed by atoms with Crippen LogP contribution in [0.5, 0.6) is 74.7 Å². The minimum Gasteiger partial charge on any atom is -0.508 e. The topological polar surface area (TPSA) is 446 Å². The van der Waals surface area contributed by atoms with E-state index >= 15 is 19.2 Å². The summed E-state index contributed by atoms with van der Waals surface area (Å²) in [6.07, 6.45) is -4.10. The van der Waals surface area contributed by atoms with E-state index in [0.717, 1.165) is 80.9 Å². The van der Waals surface area contributed by atoms with Crippen LogP contribution in [0, 0.1) is 6.92 Å². The fraction of sp³-hybridized carbons (Fsp3) is 0.185. The Morgan fingerprint density at radius 2 is 0.968 bits per heavy atom. The highest BCUT2D eigenvalue weighted by Crippen LogP contribution is 2.47. The Morgan fingerprint density at radius 1 is 0.468 bits per heavy atom. The number of anilines is 1. The number of rotatable bonds is 4. The normalized spacial score (nSPS) is 21.8. The molecule has 15 N–H and O–H groups in total. The van der Waals surface area contributed by atoms with Gasteiger partial charge in [-0.2, -0.15) is 0 Å². The number of hydrogen-bond donors (Lipinski definition) is 15. The predicted octanol–water partition coefficient (Wildman–Crippen LogP) is 3.32. The minimum atomic E-state index is -2.20. The van der Waals surface area contributed by atoms with Gasteiger partial charge in [0.05, 0.1) is 14.2 Å². The average molecular weight is 1280 g/mol. The molecule has 0 unspecified atom stereocenters. The molecule has 6 aliphatic heterocycles. The first-order valence-electron chi connectivity index (χ1n) is 28.5. The molecular weight excluding hydrogens is 1230 g/mol. The lowest BCUT2D eigenvalue weighted by Crippen LogP contribution is -2.55. The van der Waals surface area contributed by atoms with Gasteiger partial charge in [-0.05, 0) is 119 Å². The second-order valence-corrected chi connectivity index (χ2v) is 22.2.